The average molecular weight is 220 g/mol. The van der Waals surface area contributed by atoms with E-state index in [0.29, 0.717) is 23.9 Å². The van der Waals surface area contributed by atoms with Crippen LogP contribution in [0, 0.1) is 11.7 Å². The van der Waals surface area contributed by atoms with Crippen molar-refractivity contribution in [1.29, 1.82) is 0 Å². The molecule has 2 N–H and O–H groups in total. The zero-order valence-electron chi connectivity index (χ0n) is 9.32. The van der Waals surface area contributed by atoms with Crippen LogP contribution in [0.2, 0.25) is 0 Å². The van der Waals surface area contributed by atoms with Crippen molar-refractivity contribution in [1.82, 2.24) is 0 Å². The summed E-state index contributed by atoms with van der Waals surface area (Å²) < 4.78 is 13.3. The number of nitrogens with two attached hydrogens (primary N) is 1. The van der Waals surface area contributed by atoms with Gasteiger partial charge in [0.05, 0.1) is 12.4 Å². The van der Waals surface area contributed by atoms with Crippen molar-refractivity contribution in [2.75, 3.05) is 0 Å². The topological polar surface area (TPSA) is 38.4 Å². The van der Waals surface area contributed by atoms with Crippen LogP contribution in [0.25, 0.3) is 0 Å². The fourth-order valence-electron chi connectivity index (χ4n) is 2.15. The third kappa shape index (κ3) is 2.60. The monoisotopic (exact) mass is 220 g/mol. The second-order valence-corrected chi connectivity index (χ2v) is 4.31. The van der Waals surface area contributed by atoms with Crippen molar-refractivity contribution in [3.8, 4) is 0 Å². The van der Waals surface area contributed by atoms with E-state index in [0.717, 1.165) is 12.8 Å². The van der Waals surface area contributed by atoms with Gasteiger partial charge in [0.2, 0.25) is 0 Å². The van der Waals surface area contributed by atoms with Crippen molar-refractivity contribution in [3.63, 3.8) is 0 Å². The average Bonchev–Trinajstić information content (AvgIpc) is 2.81. The maximum absolute atomic E-state index is 13.3. The van der Waals surface area contributed by atoms with Gasteiger partial charge in [0, 0.05) is 11.5 Å². The molecule has 0 aliphatic heterocycles. The lowest BCUT2D eigenvalue weighted by molar-refractivity contribution is 0.610. The number of hydrogen-bond acceptors (Lipinski definition) is 1. The van der Waals surface area contributed by atoms with Crippen LogP contribution in [-0.4, -0.2) is 5.84 Å². The Morgan fingerprint density at radius 1 is 1.31 bits per heavy atom. The summed E-state index contributed by atoms with van der Waals surface area (Å²) in [7, 11) is 0. The summed E-state index contributed by atoms with van der Waals surface area (Å²) in [6.07, 6.45) is 4.74. The van der Waals surface area contributed by atoms with Crippen molar-refractivity contribution < 1.29 is 4.39 Å². The van der Waals surface area contributed by atoms with Gasteiger partial charge in [-0.1, -0.05) is 31.0 Å². The minimum absolute atomic E-state index is 0.203. The summed E-state index contributed by atoms with van der Waals surface area (Å²) in [6.45, 7) is 0.356. The minimum Gasteiger partial charge on any atom is -0.387 e. The summed E-state index contributed by atoms with van der Waals surface area (Å²) >= 11 is 0. The number of halogens is 1. The molecule has 1 aliphatic rings. The van der Waals surface area contributed by atoms with Crippen molar-refractivity contribution >= 4 is 5.84 Å². The SMILES string of the molecule is NC(=NCc1ccccc1F)C1CCCC1. The predicted octanol–water partition coefficient (Wildman–Crippen LogP) is 2.87. The number of amidine groups is 1. The van der Waals surface area contributed by atoms with Gasteiger partial charge < -0.3 is 5.73 Å². The quantitative estimate of drug-likeness (QED) is 0.617. The number of nitrogens with zero attached hydrogens (tertiary/aromatic N) is 1. The van der Waals surface area contributed by atoms with E-state index in [1.165, 1.54) is 18.9 Å². The van der Waals surface area contributed by atoms with E-state index in [9.17, 15) is 4.39 Å². The molecule has 16 heavy (non-hydrogen) atoms. The molecular weight excluding hydrogens is 203 g/mol. The fraction of sp³-hybridized carbons (Fsp3) is 0.462. The minimum atomic E-state index is -0.203. The third-order valence-electron chi connectivity index (χ3n) is 3.16. The number of hydrogen-bond donors (Lipinski definition) is 1. The van der Waals surface area contributed by atoms with Crippen LogP contribution in [0.4, 0.5) is 4.39 Å². The molecule has 0 spiro atoms. The van der Waals surface area contributed by atoms with E-state index >= 15 is 0 Å². The maximum Gasteiger partial charge on any atom is 0.128 e. The lowest BCUT2D eigenvalue weighted by Crippen LogP contribution is -2.21. The van der Waals surface area contributed by atoms with E-state index in [1.54, 1.807) is 12.1 Å². The normalized spacial score (nSPS) is 17.9. The van der Waals surface area contributed by atoms with Crippen LogP contribution >= 0.6 is 0 Å². The molecule has 1 saturated carbocycles. The highest BCUT2D eigenvalue weighted by atomic mass is 19.1. The molecule has 86 valence electrons. The van der Waals surface area contributed by atoms with Crippen molar-refractivity contribution in [2.45, 2.75) is 32.2 Å². The first-order valence-electron chi connectivity index (χ1n) is 5.80. The number of benzene rings is 1. The van der Waals surface area contributed by atoms with Gasteiger partial charge in [-0.15, -0.1) is 0 Å². The number of aliphatic imine (C=N–C) groups is 1. The second-order valence-electron chi connectivity index (χ2n) is 4.31. The Bertz CT molecular complexity index is 381. The highest BCUT2D eigenvalue weighted by molar-refractivity contribution is 5.83. The molecule has 0 bridgehead atoms. The smallest absolute Gasteiger partial charge is 0.128 e. The van der Waals surface area contributed by atoms with Crippen LogP contribution in [0.3, 0.4) is 0 Å². The lowest BCUT2D eigenvalue weighted by atomic mass is 10.1. The molecule has 1 aromatic carbocycles. The lowest BCUT2D eigenvalue weighted by Gasteiger charge is -2.08. The maximum atomic E-state index is 13.3. The first-order chi connectivity index (χ1) is 7.77. The molecule has 0 aromatic heterocycles. The summed E-state index contributed by atoms with van der Waals surface area (Å²) in [6, 6.07) is 6.71. The molecule has 0 radical (unpaired) electrons. The molecule has 0 unspecified atom stereocenters. The first-order valence-corrected chi connectivity index (χ1v) is 5.80. The van der Waals surface area contributed by atoms with E-state index < -0.39 is 0 Å². The summed E-state index contributed by atoms with van der Waals surface area (Å²) in [4.78, 5) is 4.29. The molecule has 0 heterocycles. The van der Waals surface area contributed by atoms with Gasteiger partial charge >= 0.3 is 0 Å². The molecule has 2 rings (SSSR count). The molecule has 1 fully saturated rings. The fourth-order valence-corrected chi connectivity index (χ4v) is 2.15. The third-order valence-corrected chi connectivity index (χ3v) is 3.16. The van der Waals surface area contributed by atoms with Crippen LogP contribution in [0.5, 0.6) is 0 Å². The van der Waals surface area contributed by atoms with E-state index in [4.69, 9.17) is 5.73 Å². The standard InChI is InChI=1S/C13H17FN2/c14-12-8-4-3-7-11(12)9-16-13(15)10-5-1-2-6-10/h3-4,7-8,10H,1-2,5-6,9H2,(H2,15,16). The molecule has 3 heteroatoms. The molecular formula is C13H17FN2. The molecule has 2 nitrogen and oxygen atoms in total. The van der Waals surface area contributed by atoms with Crippen molar-refractivity contribution in [3.05, 3.63) is 35.6 Å². The molecule has 0 atom stereocenters. The van der Waals surface area contributed by atoms with Crippen LogP contribution in [0.1, 0.15) is 31.2 Å². The molecule has 1 aromatic rings. The van der Waals surface area contributed by atoms with Gasteiger partial charge in [0.1, 0.15) is 5.82 Å². The Morgan fingerprint density at radius 3 is 2.69 bits per heavy atom. The van der Waals surface area contributed by atoms with Crippen molar-refractivity contribution in [2.24, 2.45) is 16.6 Å². The van der Waals surface area contributed by atoms with Gasteiger partial charge in [0.25, 0.3) is 0 Å². The summed E-state index contributed by atoms with van der Waals surface area (Å²) in [5.41, 5.74) is 6.52. The first kappa shape index (κ1) is 11.1. The predicted molar refractivity (Wildman–Crippen MR) is 63.7 cm³/mol. The molecule has 1 aliphatic carbocycles. The van der Waals surface area contributed by atoms with Crippen LogP contribution in [0.15, 0.2) is 29.3 Å². The van der Waals surface area contributed by atoms with Gasteiger partial charge in [-0.3, -0.25) is 4.99 Å². The zero-order valence-corrected chi connectivity index (χ0v) is 9.32. The Hall–Kier alpha value is -1.38. The molecule has 0 saturated heterocycles. The van der Waals surface area contributed by atoms with Gasteiger partial charge in [-0.2, -0.15) is 0 Å². The van der Waals surface area contributed by atoms with Gasteiger partial charge in [-0.25, -0.2) is 4.39 Å². The Morgan fingerprint density at radius 2 is 2.00 bits per heavy atom. The number of rotatable bonds is 3. The zero-order chi connectivity index (χ0) is 11.4. The summed E-state index contributed by atoms with van der Waals surface area (Å²) in [5.74, 6) is 0.915. The highest BCUT2D eigenvalue weighted by Gasteiger charge is 2.18. The van der Waals surface area contributed by atoms with E-state index in [-0.39, 0.29) is 5.82 Å². The highest BCUT2D eigenvalue weighted by Crippen LogP contribution is 2.24. The van der Waals surface area contributed by atoms with Gasteiger partial charge in [-0.05, 0) is 18.9 Å². The largest absolute Gasteiger partial charge is 0.387 e. The Kier molecular flexibility index (Phi) is 3.54. The Balaban J connectivity index is 2.00. The van der Waals surface area contributed by atoms with Gasteiger partial charge in [0.15, 0.2) is 0 Å². The van der Waals surface area contributed by atoms with Crippen LogP contribution < -0.4 is 5.73 Å². The van der Waals surface area contributed by atoms with Crippen LogP contribution in [-0.2, 0) is 6.54 Å². The second kappa shape index (κ2) is 5.10. The van der Waals surface area contributed by atoms with E-state index in [2.05, 4.69) is 4.99 Å². The van der Waals surface area contributed by atoms with E-state index in [1.807, 2.05) is 6.07 Å². The Labute approximate surface area is 95.4 Å². The molecule has 0 amide bonds. The summed E-state index contributed by atoms with van der Waals surface area (Å²) in [5, 5.41) is 0.